The molecule has 2 heterocycles. The number of imidazole rings is 1. The largest absolute Gasteiger partial charge is 0.497 e. The second kappa shape index (κ2) is 8.71. The Morgan fingerprint density at radius 2 is 1.87 bits per heavy atom. The molecule has 5 nitrogen and oxygen atoms in total. The molecule has 0 bridgehead atoms. The van der Waals surface area contributed by atoms with Gasteiger partial charge in [0.15, 0.2) is 4.96 Å². The number of hydrogen-bond acceptors (Lipinski definition) is 4. The molecule has 0 spiro atoms. The van der Waals surface area contributed by atoms with Gasteiger partial charge in [0.25, 0.3) is 0 Å². The Hall–Kier alpha value is -3.12. The van der Waals surface area contributed by atoms with E-state index in [4.69, 9.17) is 9.72 Å². The van der Waals surface area contributed by atoms with Gasteiger partial charge in [0.1, 0.15) is 5.75 Å². The summed E-state index contributed by atoms with van der Waals surface area (Å²) in [5, 5.41) is 5.06. The van der Waals surface area contributed by atoms with Crippen molar-refractivity contribution in [3.63, 3.8) is 0 Å². The van der Waals surface area contributed by atoms with Crippen molar-refractivity contribution in [3.8, 4) is 17.0 Å². The fourth-order valence-electron chi connectivity index (χ4n) is 3.33. The first-order valence-corrected chi connectivity index (χ1v) is 10.9. The van der Waals surface area contributed by atoms with E-state index in [1.807, 2.05) is 42.6 Å². The molecule has 4 rings (SSSR count). The highest BCUT2D eigenvalue weighted by Crippen LogP contribution is 2.26. The minimum atomic E-state index is 0.0159. The van der Waals surface area contributed by atoms with Gasteiger partial charge in [-0.25, -0.2) is 4.98 Å². The highest BCUT2D eigenvalue weighted by atomic mass is 32.1. The molecule has 1 N–H and O–H groups in total. The highest BCUT2D eigenvalue weighted by Gasteiger charge is 2.12. The van der Waals surface area contributed by atoms with E-state index in [1.54, 1.807) is 18.4 Å². The van der Waals surface area contributed by atoms with Crippen LogP contribution in [0.3, 0.4) is 0 Å². The third kappa shape index (κ3) is 4.39. The van der Waals surface area contributed by atoms with Crippen molar-refractivity contribution >= 4 is 27.9 Å². The number of anilines is 1. The Morgan fingerprint density at radius 1 is 1.13 bits per heavy atom. The van der Waals surface area contributed by atoms with Gasteiger partial charge >= 0.3 is 0 Å². The van der Waals surface area contributed by atoms with Crippen LogP contribution >= 0.6 is 11.3 Å². The molecule has 4 aromatic rings. The van der Waals surface area contributed by atoms with E-state index in [9.17, 15) is 4.79 Å². The Morgan fingerprint density at radius 3 is 2.53 bits per heavy atom. The fraction of sp³-hybridized carbons (Fsp3) is 0.250. The van der Waals surface area contributed by atoms with Gasteiger partial charge in [-0.15, -0.1) is 11.3 Å². The average Bonchev–Trinajstić information content (AvgIpc) is 3.34. The number of carbonyl (C=O) groups excluding carboxylic acids is 1. The quantitative estimate of drug-likeness (QED) is 0.414. The summed E-state index contributed by atoms with van der Waals surface area (Å²) in [5.74, 6) is 1.32. The van der Waals surface area contributed by atoms with Crippen molar-refractivity contribution in [3.05, 3.63) is 71.4 Å². The second-order valence-corrected chi connectivity index (χ2v) is 8.40. The number of thiazole rings is 1. The maximum absolute atomic E-state index is 12.4. The van der Waals surface area contributed by atoms with E-state index in [2.05, 4.69) is 41.1 Å². The molecule has 0 aliphatic heterocycles. The Bertz CT molecular complexity index is 1140. The molecule has 0 unspecified atom stereocenters. The van der Waals surface area contributed by atoms with Gasteiger partial charge in [0.2, 0.25) is 5.91 Å². The number of aromatic nitrogens is 2. The monoisotopic (exact) mass is 419 g/mol. The molecule has 1 amide bonds. The molecular weight excluding hydrogens is 394 g/mol. The van der Waals surface area contributed by atoms with Crippen LogP contribution in [-0.2, 0) is 11.2 Å². The topological polar surface area (TPSA) is 55.6 Å². The van der Waals surface area contributed by atoms with Crippen LogP contribution in [0.5, 0.6) is 5.75 Å². The lowest BCUT2D eigenvalue weighted by atomic mass is 10.0. The lowest BCUT2D eigenvalue weighted by molar-refractivity contribution is -0.116. The molecule has 0 fully saturated rings. The molecule has 30 heavy (non-hydrogen) atoms. The van der Waals surface area contributed by atoms with Crippen molar-refractivity contribution in [2.45, 2.75) is 32.6 Å². The first-order chi connectivity index (χ1) is 14.5. The third-order valence-electron chi connectivity index (χ3n) is 5.14. The first kappa shape index (κ1) is 20.2. The predicted octanol–water partition coefficient (Wildman–Crippen LogP) is 5.77. The number of nitrogens with one attached hydrogen (secondary N) is 1. The lowest BCUT2D eigenvalue weighted by Gasteiger charge is -2.08. The van der Waals surface area contributed by atoms with E-state index >= 15 is 0 Å². The molecule has 0 radical (unpaired) electrons. The number of methoxy groups -OCH3 is 1. The van der Waals surface area contributed by atoms with Crippen LogP contribution < -0.4 is 10.1 Å². The van der Waals surface area contributed by atoms with Crippen molar-refractivity contribution in [2.24, 2.45) is 0 Å². The smallest absolute Gasteiger partial charge is 0.224 e. The SMILES string of the molecule is COc1ccc(-c2cn3c(CCC(=O)Nc4ccc(C(C)C)cc4)csc3n2)cc1. The van der Waals surface area contributed by atoms with E-state index in [1.165, 1.54) is 5.56 Å². The summed E-state index contributed by atoms with van der Waals surface area (Å²) in [4.78, 5) is 18.1. The number of nitrogens with zero attached hydrogens (tertiary/aromatic N) is 2. The van der Waals surface area contributed by atoms with Gasteiger partial charge in [-0.3, -0.25) is 9.20 Å². The molecule has 154 valence electrons. The van der Waals surface area contributed by atoms with E-state index in [0.717, 1.165) is 33.3 Å². The number of carbonyl (C=O) groups is 1. The maximum atomic E-state index is 12.4. The molecule has 2 aromatic carbocycles. The highest BCUT2D eigenvalue weighted by molar-refractivity contribution is 7.15. The molecular formula is C24H25N3O2S. The Balaban J connectivity index is 1.41. The number of ether oxygens (including phenoxy) is 1. The van der Waals surface area contributed by atoms with Gasteiger partial charge in [-0.1, -0.05) is 26.0 Å². The van der Waals surface area contributed by atoms with Gasteiger partial charge in [0, 0.05) is 34.9 Å². The van der Waals surface area contributed by atoms with Crippen molar-refractivity contribution in [1.29, 1.82) is 0 Å². The van der Waals surface area contributed by atoms with Crippen molar-refractivity contribution in [2.75, 3.05) is 12.4 Å². The van der Waals surface area contributed by atoms with Crippen molar-refractivity contribution in [1.82, 2.24) is 9.38 Å². The van der Waals surface area contributed by atoms with Gasteiger partial charge in [-0.05, 0) is 54.3 Å². The van der Waals surface area contributed by atoms with Gasteiger partial charge < -0.3 is 10.1 Å². The van der Waals surface area contributed by atoms with Crippen LogP contribution in [-0.4, -0.2) is 22.4 Å². The summed E-state index contributed by atoms with van der Waals surface area (Å²) in [6, 6.07) is 15.9. The molecule has 0 saturated carbocycles. The van der Waals surface area contributed by atoms with Gasteiger partial charge in [0.05, 0.1) is 12.8 Å². The first-order valence-electron chi connectivity index (χ1n) is 10.0. The molecule has 2 aromatic heterocycles. The Labute approximate surface area is 180 Å². The summed E-state index contributed by atoms with van der Waals surface area (Å²) >= 11 is 1.59. The van der Waals surface area contributed by atoms with Crippen LogP contribution in [0.25, 0.3) is 16.2 Å². The summed E-state index contributed by atoms with van der Waals surface area (Å²) in [6.07, 6.45) is 3.12. The third-order valence-corrected chi connectivity index (χ3v) is 6.03. The van der Waals surface area contributed by atoms with Gasteiger partial charge in [-0.2, -0.15) is 0 Å². The van der Waals surface area contributed by atoms with Crippen LogP contribution in [0.4, 0.5) is 5.69 Å². The number of aryl methyl sites for hydroxylation is 1. The molecule has 0 aliphatic rings. The van der Waals surface area contributed by atoms with E-state index < -0.39 is 0 Å². The zero-order valence-corrected chi connectivity index (χ0v) is 18.2. The summed E-state index contributed by atoms with van der Waals surface area (Å²) in [6.45, 7) is 4.32. The standard InChI is InChI=1S/C24H25N3O2S/c1-16(2)17-4-8-19(9-5-17)25-23(28)13-10-20-15-30-24-26-22(14-27(20)24)18-6-11-21(29-3)12-7-18/h4-9,11-12,14-16H,10,13H2,1-3H3,(H,25,28). The van der Waals surface area contributed by atoms with Crippen LogP contribution in [0.1, 0.15) is 37.4 Å². The number of fused-ring (bicyclic) bond motifs is 1. The molecule has 6 heteroatoms. The summed E-state index contributed by atoms with van der Waals surface area (Å²) in [5.41, 5.74) is 5.15. The van der Waals surface area contributed by atoms with E-state index in [-0.39, 0.29) is 5.91 Å². The predicted molar refractivity (Wildman–Crippen MR) is 123 cm³/mol. The minimum Gasteiger partial charge on any atom is -0.497 e. The number of rotatable bonds is 7. The molecule has 0 atom stereocenters. The minimum absolute atomic E-state index is 0.0159. The fourth-order valence-corrected chi connectivity index (χ4v) is 4.23. The van der Waals surface area contributed by atoms with Crippen LogP contribution in [0.2, 0.25) is 0 Å². The summed E-state index contributed by atoms with van der Waals surface area (Å²) in [7, 11) is 1.66. The molecule has 0 aliphatic carbocycles. The number of hydrogen-bond donors (Lipinski definition) is 1. The van der Waals surface area contributed by atoms with Crippen LogP contribution in [0.15, 0.2) is 60.1 Å². The lowest BCUT2D eigenvalue weighted by Crippen LogP contribution is -2.12. The Kier molecular flexibility index (Phi) is 5.86. The number of benzene rings is 2. The zero-order chi connectivity index (χ0) is 21.1. The van der Waals surface area contributed by atoms with Crippen LogP contribution in [0, 0.1) is 0 Å². The van der Waals surface area contributed by atoms with E-state index in [0.29, 0.717) is 18.8 Å². The molecule has 0 saturated heterocycles. The second-order valence-electron chi connectivity index (χ2n) is 7.56. The summed E-state index contributed by atoms with van der Waals surface area (Å²) < 4.78 is 7.30. The average molecular weight is 420 g/mol. The normalized spacial score (nSPS) is 11.2. The van der Waals surface area contributed by atoms with Crippen molar-refractivity contribution < 1.29 is 9.53 Å². The zero-order valence-electron chi connectivity index (χ0n) is 17.4. The maximum Gasteiger partial charge on any atom is 0.224 e. The number of amides is 1.